The standard InChI is InChI=1S/C20H30O4/c1-5-12-23-18(21)17(19(22)24-13-6-2)15-20(14-16(3)4)10-8-7-9-11-20/h7-10,15-16H,5-6,11-14H2,1-4H3. The molecule has 0 N–H and O–H groups in total. The highest BCUT2D eigenvalue weighted by atomic mass is 16.6. The van der Waals surface area contributed by atoms with Crippen LogP contribution in [0.5, 0.6) is 0 Å². The maximum atomic E-state index is 12.4. The summed E-state index contributed by atoms with van der Waals surface area (Å²) in [4.78, 5) is 24.7. The Kier molecular flexibility index (Phi) is 8.51. The van der Waals surface area contributed by atoms with Crippen molar-refractivity contribution in [2.75, 3.05) is 13.2 Å². The number of rotatable bonds is 9. The van der Waals surface area contributed by atoms with Crippen molar-refractivity contribution in [2.45, 2.75) is 53.4 Å². The van der Waals surface area contributed by atoms with Crippen molar-refractivity contribution in [1.29, 1.82) is 0 Å². The van der Waals surface area contributed by atoms with E-state index >= 15 is 0 Å². The minimum atomic E-state index is -0.593. The molecule has 1 aliphatic rings. The average Bonchev–Trinajstić information content (AvgIpc) is 2.55. The first kappa shape index (κ1) is 20.2. The first-order chi connectivity index (χ1) is 11.4. The van der Waals surface area contributed by atoms with Crippen molar-refractivity contribution in [3.63, 3.8) is 0 Å². The summed E-state index contributed by atoms with van der Waals surface area (Å²) < 4.78 is 10.4. The number of ether oxygens (including phenoxy) is 2. The molecule has 0 aromatic heterocycles. The van der Waals surface area contributed by atoms with Crippen molar-refractivity contribution in [2.24, 2.45) is 11.3 Å². The van der Waals surface area contributed by atoms with E-state index in [1.54, 1.807) is 6.08 Å². The molecule has 0 amide bonds. The second kappa shape index (κ2) is 10.1. The van der Waals surface area contributed by atoms with Crippen LogP contribution in [0.2, 0.25) is 0 Å². The topological polar surface area (TPSA) is 52.6 Å². The van der Waals surface area contributed by atoms with Crippen molar-refractivity contribution >= 4 is 11.9 Å². The van der Waals surface area contributed by atoms with Gasteiger partial charge in [0.2, 0.25) is 0 Å². The van der Waals surface area contributed by atoms with Crippen LogP contribution < -0.4 is 0 Å². The fraction of sp³-hybridized carbons (Fsp3) is 0.600. The summed E-state index contributed by atoms with van der Waals surface area (Å²) in [5.41, 5.74) is -0.341. The van der Waals surface area contributed by atoms with Gasteiger partial charge in [0.1, 0.15) is 5.57 Å². The molecule has 1 rings (SSSR count). The zero-order valence-corrected chi connectivity index (χ0v) is 15.3. The van der Waals surface area contributed by atoms with E-state index in [-0.39, 0.29) is 11.0 Å². The van der Waals surface area contributed by atoms with Crippen LogP contribution in [0, 0.1) is 11.3 Å². The largest absolute Gasteiger partial charge is 0.462 e. The van der Waals surface area contributed by atoms with E-state index in [0.29, 0.717) is 32.0 Å². The Bertz CT molecular complexity index is 492. The molecule has 1 unspecified atom stereocenters. The summed E-state index contributed by atoms with van der Waals surface area (Å²) in [5.74, 6) is -0.759. The van der Waals surface area contributed by atoms with Gasteiger partial charge in [0.25, 0.3) is 0 Å². The molecule has 0 fully saturated rings. The lowest BCUT2D eigenvalue weighted by atomic mass is 9.74. The van der Waals surface area contributed by atoms with Crippen LogP contribution in [0.25, 0.3) is 0 Å². The molecule has 0 saturated heterocycles. The zero-order valence-electron chi connectivity index (χ0n) is 15.3. The molecule has 0 heterocycles. The monoisotopic (exact) mass is 334 g/mol. The lowest BCUT2D eigenvalue weighted by Gasteiger charge is -2.30. The van der Waals surface area contributed by atoms with Gasteiger partial charge in [-0.3, -0.25) is 0 Å². The molecular formula is C20H30O4. The number of carbonyl (C=O) groups is 2. The van der Waals surface area contributed by atoms with E-state index in [2.05, 4.69) is 26.0 Å². The highest BCUT2D eigenvalue weighted by Gasteiger charge is 2.31. The fourth-order valence-electron chi connectivity index (χ4n) is 2.79. The Morgan fingerprint density at radius 1 is 1.08 bits per heavy atom. The molecule has 0 bridgehead atoms. The molecular weight excluding hydrogens is 304 g/mol. The second-order valence-electron chi connectivity index (χ2n) is 6.65. The first-order valence-electron chi connectivity index (χ1n) is 8.85. The predicted molar refractivity (Wildman–Crippen MR) is 95.4 cm³/mol. The maximum absolute atomic E-state index is 12.4. The van der Waals surface area contributed by atoms with Crippen LogP contribution in [0.15, 0.2) is 36.0 Å². The Balaban J connectivity index is 3.14. The third-order valence-electron chi connectivity index (χ3n) is 3.71. The van der Waals surface area contributed by atoms with Gasteiger partial charge < -0.3 is 9.47 Å². The van der Waals surface area contributed by atoms with E-state index in [1.807, 2.05) is 26.0 Å². The van der Waals surface area contributed by atoms with Gasteiger partial charge in [-0.05, 0) is 31.6 Å². The van der Waals surface area contributed by atoms with Gasteiger partial charge in [0.15, 0.2) is 0 Å². The van der Waals surface area contributed by atoms with Gasteiger partial charge in [0.05, 0.1) is 13.2 Å². The van der Waals surface area contributed by atoms with E-state index in [1.165, 1.54) is 0 Å². The molecule has 134 valence electrons. The van der Waals surface area contributed by atoms with Crippen molar-refractivity contribution in [3.05, 3.63) is 36.0 Å². The molecule has 0 aromatic carbocycles. The number of hydrogen-bond donors (Lipinski definition) is 0. The predicted octanol–water partition coefficient (Wildman–Crippen LogP) is 4.37. The van der Waals surface area contributed by atoms with E-state index in [4.69, 9.17) is 9.47 Å². The molecule has 0 saturated carbocycles. The highest BCUT2D eigenvalue weighted by Crippen LogP contribution is 2.37. The molecule has 0 radical (unpaired) electrons. The Morgan fingerprint density at radius 2 is 1.67 bits per heavy atom. The fourth-order valence-corrected chi connectivity index (χ4v) is 2.79. The van der Waals surface area contributed by atoms with Crippen LogP contribution in [0.3, 0.4) is 0 Å². The Labute approximate surface area is 145 Å². The Hall–Kier alpha value is -1.84. The second-order valence-corrected chi connectivity index (χ2v) is 6.65. The van der Waals surface area contributed by atoms with Crippen LogP contribution in [0.4, 0.5) is 0 Å². The summed E-state index contributed by atoms with van der Waals surface area (Å²) in [6, 6.07) is 0. The molecule has 24 heavy (non-hydrogen) atoms. The number of esters is 2. The number of allylic oxidation sites excluding steroid dienone is 5. The number of hydrogen-bond acceptors (Lipinski definition) is 4. The smallest absolute Gasteiger partial charge is 0.345 e. The molecule has 0 aromatic rings. The molecule has 0 aliphatic heterocycles. The lowest BCUT2D eigenvalue weighted by Crippen LogP contribution is -2.25. The van der Waals surface area contributed by atoms with Crippen molar-refractivity contribution in [3.8, 4) is 0 Å². The molecule has 4 nitrogen and oxygen atoms in total. The van der Waals surface area contributed by atoms with Crippen molar-refractivity contribution < 1.29 is 19.1 Å². The van der Waals surface area contributed by atoms with Gasteiger partial charge in [-0.1, -0.05) is 58.1 Å². The summed E-state index contributed by atoms with van der Waals surface area (Å²) in [7, 11) is 0. The summed E-state index contributed by atoms with van der Waals surface area (Å²) in [5, 5.41) is 0. The molecule has 4 heteroatoms. The van der Waals surface area contributed by atoms with Crippen LogP contribution in [-0.2, 0) is 19.1 Å². The van der Waals surface area contributed by atoms with Crippen molar-refractivity contribution in [1.82, 2.24) is 0 Å². The van der Waals surface area contributed by atoms with Gasteiger partial charge >= 0.3 is 11.9 Å². The van der Waals surface area contributed by atoms with Gasteiger partial charge in [-0.15, -0.1) is 0 Å². The normalized spacial score (nSPS) is 19.2. The van der Waals surface area contributed by atoms with Crippen LogP contribution in [0.1, 0.15) is 53.4 Å². The Morgan fingerprint density at radius 3 is 2.08 bits per heavy atom. The van der Waals surface area contributed by atoms with Gasteiger partial charge in [-0.2, -0.15) is 0 Å². The average molecular weight is 334 g/mol. The third-order valence-corrected chi connectivity index (χ3v) is 3.71. The maximum Gasteiger partial charge on any atom is 0.345 e. The minimum Gasteiger partial charge on any atom is -0.462 e. The molecule has 1 aliphatic carbocycles. The van der Waals surface area contributed by atoms with Gasteiger partial charge in [-0.25, -0.2) is 9.59 Å². The highest BCUT2D eigenvalue weighted by molar-refractivity contribution is 6.14. The van der Waals surface area contributed by atoms with E-state index in [0.717, 1.165) is 12.8 Å². The first-order valence-corrected chi connectivity index (χ1v) is 8.85. The van der Waals surface area contributed by atoms with E-state index in [9.17, 15) is 9.59 Å². The third kappa shape index (κ3) is 6.34. The summed E-state index contributed by atoms with van der Waals surface area (Å²) >= 11 is 0. The number of carbonyl (C=O) groups excluding carboxylic acids is 2. The van der Waals surface area contributed by atoms with Crippen LogP contribution >= 0.6 is 0 Å². The SMILES string of the molecule is CCCOC(=O)C(=CC1(CC(C)C)C=CC=CC1)C(=O)OCCC. The minimum absolute atomic E-state index is 0.0116. The summed E-state index contributed by atoms with van der Waals surface area (Å²) in [6.07, 6.45) is 12.9. The quantitative estimate of drug-likeness (QED) is 0.272. The van der Waals surface area contributed by atoms with E-state index < -0.39 is 11.9 Å². The lowest BCUT2D eigenvalue weighted by molar-refractivity contribution is -0.147. The summed E-state index contributed by atoms with van der Waals surface area (Å²) in [6.45, 7) is 8.69. The van der Waals surface area contributed by atoms with Crippen LogP contribution in [-0.4, -0.2) is 25.2 Å². The molecule has 1 atom stereocenters. The zero-order chi connectivity index (χ0) is 18.0. The molecule has 0 spiro atoms. The van der Waals surface area contributed by atoms with Gasteiger partial charge in [0, 0.05) is 5.41 Å².